The summed E-state index contributed by atoms with van der Waals surface area (Å²) in [5.74, 6) is 1.88. The monoisotopic (exact) mass is 316 g/mol. The fourth-order valence-electron chi connectivity index (χ4n) is 2.98. The summed E-state index contributed by atoms with van der Waals surface area (Å²) >= 11 is 0. The Labute approximate surface area is 141 Å². The van der Waals surface area contributed by atoms with Gasteiger partial charge in [0.05, 0.1) is 6.54 Å². The van der Waals surface area contributed by atoms with Crippen molar-refractivity contribution in [2.24, 2.45) is 16.6 Å². The first-order valence-corrected chi connectivity index (χ1v) is 8.86. The number of aliphatic imine (C=N–C) groups is 1. The SMILES string of the molecule is CC1CCN(C(C)CN=C(N)Nc2cccc(C(C)C)c2)CC1. The molecule has 0 amide bonds. The average Bonchev–Trinajstić information content (AvgIpc) is 2.53. The minimum atomic E-state index is 0.449. The quantitative estimate of drug-likeness (QED) is 0.644. The molecule has 1 unspecified atom stereocenters. The van der Waals surface area contributed by atoms with Gasteiger partial charge in [-0.25, -0.2) is 0 Å². The molecule has 0 radical (unpaired) electrons. The van der Waals surface area contributed by atoms with Crippen LogP contribution < -0.4 is 11.1 Å². The number of anilines is 1. The van der Waals surface area contributed by atoms with Crippen molar-refractivity contribution in [2.75, 3.05) is 25.0 Å². The van der Waals surface area contributed by atoms with Crippen LogP contribution in [0.25, 0.3) is 0 Å². The molecule has 1 aliphatic heterocycles. The maximum atomic E-state index is 6.05. The highest BCUT2D eigenvalue weighted by atomic mass is 15.2. The standard InChI is InChI=1S/C19H32N4/c1-14(2)17-6-5-7-18(12-17)22-19(20)21-13-16(4)23-10-8-15(3)9-11-23/h5-7,12,14-16H,8-11,13H2,1-4H3,(H3,20,21,22). The molecule has 0 aliphatic carbocycles. The van der Waals surface area contributed by atoms with E-state index in [9.17, 15) is 0 Å². The fourth-order valence-corrected chi connectivity index (χ4v) is 2.98. The molecule has 1 aromatic rings. The van der Waals surface area contributed by atoms with Crippen LogP contribution in [0.15, 0.2) is 29.3 Å². The van der Waals surface area contributed by atoms with Gasteiger partial charge in [0, 0.05) is 11.7 Å². The van der Waals surface area contributed by atoms with Gasteiger partial charge in [-0.1, -0.05) is 32.9 Å². The Morgan fingerprint density at radius 1 is 1.30 bits per heavy atom. The van der Waals surface area contributed by atoms with Gasteiger partial charge >= 0.3 is 0 Å². The van der Waals surface area contributed by atoms with E-state index in [1.165, 1.54) is 31.5 Å². The molecule has 0 saturated carbocycles. The molecule has 1 heterocycles. The van der Waals surface area contributed by atoms with E-state index in [1.807, 2.05) is 6.07 Å². The summed E-state index contributed by atoms with van der Waals surface area (Å²) in [6.07, 6.45) is 2.59. The average molecular weight is 316 g/mol. The first-order valence-electron chi connectivity index (χ1n) is 8.86. The smallest absolute Gasteiger partial charge is 0.193 e. The first kappa shape index (κ1) is 17.8. The van der Waals surface area contributed by atoms with E-state index < -0.39 is 0 Å². The molecule has 23 heavy (non-hydrogen) atoms. The number of piperidine rings is 1. The molecule has 1 saturated heterocycles. The van der Waals surface area contributed by atoms with E-state index in [0.29, 0.717) is 17.9 Å². The number of nitrogens with one attached hydrogen (secondary N) is 1. The number of rotatable bonds is 5. The zero-order valence-electron chi connectivity index (χ0n) is 15.0. The third kappa shape index (κ3) is 5.54. The Morgan fingerprint density at radius 3 is 2.65 bits per heavy atom. The van der Waals surface area contributed by atoms with Crippen LogP contribution in [0.2, 0.25) is 0 Å². The minimum Gasteiger partial charge on any atom is -0.370 e. The van der Waals surface area contributed by atoms with E-state index in [2.05, 4.69) is 61.1 Å². The third-order valence-corrected chi connectivity index (χ3v) is 4.79. The number of hydrogen-bond donors (Lipinski definition) is 2. The van der Waals surface area contributed by atoms with Gasteiger partial charge in [-0.05, 0) is 62.4 Å². The van der Waals surface area contributed by atoms with Gasteiger partial charge < -0.3 is 11.1 Å². The van der Waals surface area contributed by atoms with Crippen molar-refractivity contribution in [1.82, 2.24) is 4.90 Å². The summed E-state index contributed by atoms with van der Waals surface area (Å²) in [4.78, 5) is 7.05. The van der Waals surface area contributed by atoms with Crippen molar-refractivity contribution in [3.8, 4) is 0 Å². The Hall–Kier alpha value is -1.55. The van der Waals surface area contributed by atoms with E-state index >= 15 is 0 Å². The molecule has 1 aromatic carbocycles. The molecule has 3 N–H and O–H groups in total. The second-order valence-electron chi connectivity index (χ2n) is 7.20. The summed E-state index contributed by atoms with van der Waals surface area (Å²) in [5.41, 5.74) is 8.37. The number of nitrogens with two attached hydrogens (primary N) is 1. The highest BCUT2D eigenvalue weighted by molar-refractivity contribution is 5.92. The van der Waals surface area contributed by atoms with Crippen molar-refractivity contribution < 1.29 is 0 Å². The number of benzene rings is 1. The lowest BCUT2D eigenvalue weighted by Gasteiger charge is -2.34. The predicted octanol–water partition coefficient (Wildman–Crippen LogP) is 3.66. The maximum absolute atomic E-state index is 6.05. The van der Waals surface area contributed by atoms with Crippen molar-refractivity contribution in [3.63, 3.8) is 0 Å². The summed E-state index contributed by atoms with van der Waals surface area (Å²) in [5, 5.41) is 3.21. The van der Waals surface area contributed by atoms with Gasteiger partial charge in [0.1, 0.15) is 0 Å². The van der Waals surface area contributed by atoms with Crippen LogP contribution in [0.4, 0.5) is 5.69 Å². The molecule has 0 aromatic heterocycles. The van der Waals surface area contributed by atoms with Crippen LogP contribution in [0.5, 0.6) is 0 Å². The fraction of sp³-hybridized carbons (Fsp3) is 0.632. The second-order valence-corrected chi connectivity index (χ2v) is 7.20. The van der Waals surface area contributed by atoms with Gasteiger partial charge in [-0.3, -0.25) is 9.89 Å². The van der Waals surface area contributed by atoms with E-state index in [0.717, 1.165) is 18.2 Å². The number of hydrogen-bond acceptors (Lipinski definition) is 2. The molecule has 0 spiro atoms. The Morgan fingerprint density at radius 2 is 2.00 bits per heavy atom. The topological polar surface area (TPSA) is 53.6 Å². The molecular weight excluding hydrogens is 284 g/mol. The van der Waals surface area contributed by atoms with Crippen LogP contribution >= 0.6 is 0 Å². The normalized spacial score (nSPS) is 19.1. The second kappa shape index (κ2) is 8.34. The van der Waals surface area contributed by atoms with E-state index in [4.69, 9.17) is 5.73 Å². The molecule has 4 nitrogen and oxygen atoms in total. The Balaban J connectivity index is 1.86. The van der Waals surface area contributed by atoms with Crippen molar-refractivity contribution in [1.29, 1.82) is 0 Å². The summed E-state index contributed by atoms with van der Waals surface area (Å²) in [7, 11) is 0. The molecule has 128 valence electrons. The molecule has 2 rings (SSSR count). The molecule has 1 fully saturated rings. The molecule has 1 atom stereocenters. The van der Waals surface area contributed by atoms with Crippen molar-refractivity contribution in [2.45, 2.75) is 52.5 Å². The van der Waals surface area contributed by atoms with Crippen molar-refractivity contribution >= 4 is 11.6 Å². The molecule has 0 bridgehead atoms. The van der Waals surface area contributed by atoms with Gasteiger partial charge in [0.15, 0.2) is 5.96 Å². The highest BCUT2D eigenvalue weighted by Crippen LogP contribution is 2.19. The summed E-state index contributed by atoms with van der Waals surface area (Å²) in [6, 6.07) is 8.82. The van der Waals surface area contributed by atoms with Crippen LogP contribution in [0.3, 0.4) is 0 Å². The molecular formula is C19H32N4. The van der Waals surface area contributed by atoms with Gasteiger partial charge in [0.2, 0.25) is 0 Å². The molecule has 1 aliphatic rings. The van der Waals surface area contributed by atoms with Crippen LogP contribution in [0, 0.1) is 5.92 Å². The van der Waals surface area contributed by atoms with Crippen LogP contribution in [0.1, 0.15) is 52.0 Å². The Kier molecular flexibility index (Phi) is 6.46. The summed E-state index contributed by atoms with van der Waals surface area (Å²) in [6.45, 7) is 12.1. The summed E-state index contributed by atoms with van der Waals surface area (Å²) < 4.78 is 0. The van der Waals surface area contributed by atoms with Crippen LogP contribution in [-0.2, 0) is 0 Å². The van der Waals surface area contributed by atoms with E-state index in [1.54, 1.807) is 0 Å². The lowest BCUT2D eigenvalue weighted by Crippen LogP contribution is -2.41. The van der Waals surface area contributed by atoms with Gasteiger partial charge in [-0.2, -0.15) is 0 Å². The van der Waals surface area contributed by atoms with Crippen molar-refractivity contribution in [3.05, 3.63) is 29.8 Å². The third-order valence-electron chi connectivity index (χ3n) is 4.79. The van der Waals surface area contributed by atoms with Gasteiger partial charge in [-0.15, -0.1) is 0 Å². The largest absolute Gasteiger partial charge is 0.370 e. The minimum absolute atomic E-state index is 0.449. The zero-order chi connectivity index (χ0) is 16.8. The number of likely N-dealkylation sites (tertiary alicyclic amines) is 1. The van der Waals surface area contributed by atoms with Gasteiger partial charge in [0.25, 0.3) is 0 Å². The lowest BCUT2D eigenvalue weighted by molar-refractivity contribution is 0.150. The van der Waals surface area contributed by atoms with Crippen LogP contribution in [-0.4, -0.2) is 36.5 Å². The number of guanidine groups is 1. The lowest BCUT2D eigenvalue weighted by atomic mass is 9.98. The van der Waals surface area contributed by atoms with E-state index in [-0.39, 0.29) is 0 Å². The highest BCUT2D eigenvalue weighted by Gasteiger charge is 2.19. The zero-order valence-corrected chi connectivity index (χ0v) is 15.0. The Bertz CT molecular complexity index is 516. The molecule has 4 heteroatoms. The maximum Gasteiger partial charge on any atom is 0.193 e. The predicted molar refractivity (Wildman–Crippen MR) is 100 cm³/mol. The first-order chi connectivity index (χ1) is 11.0. The number of nitrogens with zero attached hydrogens (tertiary/aromatic N) is 2.